The van der Waals surface area contributed by atoms with Gasteiger partial charge in [0.2, 0.25) is 5.95 Å². The minimum atomic E-state index is 0.638. The fourth-order valence-electron chi connectivity index (χ4n) is 9.39. The van der Waals surface area contributed by atoms with E-state index >= 15 is 0 Å². The predicted molar refractivity (Wildman–Crippen MR) is 240 cm³/mol. The molecule has 0 atom stereocenters. The zero-order valence-electron chi connectivity index (χ0n) is 30.4. The molecule has 0 aliphatic rings. The van der Waals surface area contributed by atoms with E-state index in [2.05, 4.69) is 174 Å². The Hall–Kier alpha value is -7.34. The fourth-order valence-corrected chi connectivity index (χ4v) is 10.5. The molecule has 57 heavy (non-hydrogen) atoms. The van der Waals surface area contributed by atoms with Crippen molar-refractivity contribution in [2.75, 3.05) is 0 Å². The Morgan fingerprint density at radius 2 is 1.12 bits per heavy atom. The molecule has 0 amide bonds. The van der Waals surface area contributed by atoms with Crippen molar-refractivity contribution in [2.45, 2.75) is 0 Å². The predicted octanol–water partition coefficient (Wildman–Crippen LogP) is 14.6. The van der Waals surface area contributed by atoms with Crippen LogP contribution in [0.2, 0.25) is 0 Å². The number of nitrogens with zero attached hydrogens (tertiary/aromatic N) is 3. The molecule has 4 heterocycles. The van der Waals surface area contributed by atoms with Crippen LogP contribution in [0.5, 0.6) is 0 Å². The van der Waals surface area contributed by atoms with E-state index in [4.69, 9.17) is 14.4 Å². The first-order valence-corrected chi connectivity index (χ1v) is 20.1. The molecule has 264 valence electrons. The van der Waals surface area contributed by atoms with Gasteiger partial charge in [-0.1, -0.05) is 158 Å². The molecule has 4 nitrogen and oxygen atoms in total. The van der Waals surface area contributed by atoms with Crippen LogP contribution < -0.4 is 0 Å². The molecule has 0 radical (unpaired) electrons. The number of hydrogen-bond donors (Lipinski definition) is 0. The number of rotatable bonds is 3. The first-order valence-electron chi connectivity index (χ1n) is 19.3. The van der Waals surface area contributed by atoms with Crippen molar-refractivity contribution in [3.05, 3.63) is 176 Å². The molecular formula is C52H29N3OS. The van der Waals surface area contributed by atoms with E-state index < -0.39 is 0 Å². The van der Waals surface area contributed by atoms with Crippen molar-refractivity contribution < 1.29 is 4.42 Å². The average molecular weight is 744 g/mol. The standard InChI is InChI=1S/C52H29N3OS/c1-2-15-30(16-3-1)46-51-47(38-24-11-13-28-43(38)57-51)54-52(53-46)55-48-39(44-36-22-8-6-19-33(36)34-20-7-9-23-37(34)49(44)55)25-14-26-40(48)45-32-18-5-4-17-31(32)29-41-35-21-10-12-27-42(35)56-50(41)45/h1-29H. The van der Waals surface area contributed by atoms with Crippen molar-refractivity contribution in [3.63, 3.8) is 0 Å². The Bertz CT molecular complexity index is 3820. The largest absolute Gasteiger partial charge is 0.455 e. The molecule has 0 fully saturated rings. The lowest BCUT2D eigenvalue weighted by Crippen LogP contribution is -2.04. The third-order valence-corrected chi connectivity index (χ3v) is 12.9. The van der Waals surface area contributed by atoms with Gasteiger partial charge in [0.1, 0.15) is 11.2 Å². The molecule has 13 rings (SSSR count). The summed E-state index contributed by atoms with van der Waals surface area (Å²) in [5, 5.41) is 12.7. The summed E-state index contributed by atoms with van der Waals surface area (Å²) in [6.45, 7) is 0. The topological polar surface area (TPSA) is 43.9 Å². The van der Waals surface area contributed by atoms with Gasteiger partial charge in [0, 0.05) is 53.7 Å². The summed E-state index contributed by atoms with van der Waals surface area (Å²) in [4.78, 5) is 11.2. The maximum Gasteiger partial charge on any atom is 0.235 e. The fraction of sp³-hybridized carbons (Fsp3) is 0. The molecule has 0 saturated carbocycles. The molecular weight excluding hydrogens is 715 g/mol. The number of furan rings is 1. The highest BCUT2D eigenvalue weighted by molar-refractivity contribution is 7.26. The van der Waals surface area contributed by atoms with Gasteiger partial charge in [0.15, 0.2) is 0 Å². The second-order valence-electron chi connectivity index (χ2n) is 14.8. The maximum atomic E-state index is 6.89. The number of para-hydroxylation sites is 2. The Morgan fingerprint density at radius 3 is 1.96 bits per heavy atom. The maximum absolute atomic E-state index is 6.89. The molecule has 0 aliphatic carbocycles. The van der Waals surface area contributed by atoms with Crippen LogP contribution in [-0.4, -0.2) is 14.5 Å². The lowest BCUT2D eigenvalue weighted by molar-refractivity contribution is 0.670. The first-order chi connectivity index (χ1) is 28.3. The summed E-state index contributed by atoms with van der Waals surface area (Å²) in [7, 11) is 0. The number of hydrogen-bond acceptors (Lipinski definition) is 4. The van der Waals surface area contributed by atoms with E-state index in [9.17, 15) is 0 Å². The van der Waals surface area contributed by atoms with Crippen LogP contribution in [-0.2, 0) is 0 Å². The van der Waals surface area contributed by atoms with E-state index in [0.717, 1.165) is 92.5 Å². The molecule has 4 aromatic heterocycles. The molecule has 0 saturated heterocycles. The SMILES string of the molecule is c1ccc(-c2nc(-n3c4c(-c5c6ccccc6cc6c5oc5ccccc56)cccc4c4c5ccccc5c5ccccc5c43)nc3c2sc2ccccc23)cc1. The molecule has 13 aromatic rings. The molecule has 5 heteroatoms. The lowest BCUT2D eigenvalue weighted by Gasteiger charge is -2.15. The van der Waals surface area contributed by atoms with Gasteiger partial charge in [0.25, 0.3) is 0 Å². The number of thiophene rings is 1. The summed E-state index contributed by atoms with van der Waals surface area (Å²) in [5.41, 5.74) is 8.97. The summed E-state index contributed by atoms with van der Waals surface area (Å²) >= 11 is 1.76. The third-order valence-electron chi connectivity index (χ3n) is 11.8. The van der Waals surface area contributed by atoms with Crippen molar-refractivity contribution in [2.24, 2.45) is 0 Å². The highest BCUT2D eigenvalue weighted by Crippen LogP contribution is 2.49. The summed E-state index contributed by atoms with van der Waals surface area (Å²) in [6.07, 6.45) is 0. The molecule has 9 aromatic carbocycles. The minimum absolute atomic E-state index is 0.638. The van der Waals surface area contributed by atoms with Crippen LogP contribution in [0, 0.1) is 0 Å². The van der Waals surface area contributed by atoms with Crippen molar-refractivity contribution in [3.8, 4) is 28.3 Å². The van der Waals surface area contributed by atoms with E-state index in [-0.39, 0.29) is 0 Å². The first kappa shape index (κ1) is 30.9. The second kappa shape index (κ2) is 11.6. The monoisotopic (exact) mass is 743 g/mol. The van der Waals surface area contributed by atoms with Gasteiger partial charge in [-0.15, -0.1) is 11.3 Å². The van der Waals surface area contributed by atoms with Crippen LogP contribution in [0.3, 0.4) is 0 Å². The summed E-state index contributed by atoms with van der Waals surface area (Å²) in [5.74, 6) is 0.638. The van der Waals surface area contributed by atoms with Gasteiger partial charge in [0.05, 0.1) is 26.9 Å². The molecule has 0 aliphatic heterocycles. The normalized spacial score (nSPS) is 12.2. The van der Waals surface area contributed by atoms with E-state index in [1.54, 1.807) is 11.3 Å². The molecule has 0 N–H and O–H groups in total. The summed E-state index contributed by atoms with van der Waals surface area (Å²) < 4.78 is 11.5. The van der Waals surface area contributed by atoms with Crippen LogP contribution in [0.1, 0.15) is 0 Å². The second-order valence-corrected chi connectivity index (χ2v) is 15.9. The lowest BCUT2D eigenvalue weighted by atomic mass is 9.93. The Balaban J connectivity index is 1.30. The van der Waals surface area contributed by atoms with Crippen LogP contribution in [0.25, 0.3) is 125 Å². The van der Waals surface area contributed by atoms with E-state index in [0.29, 0.717) is 5.95 Å². The van der Waals surface area contributed by atoms with Gasteiger partial charge in [-0.05, 0) is 45.1 Å². The average Bonchev–Trinajstić information content (AvgIpc) is 3.96. The Morgan fingerprint density at radius 1 is 0.474 bits per heavy atom. The van der Waals surface area contributed by atoms with Crippen molar-refractivity contribution in [1.82, 2.24) is 14.5 Å². The Labute approximate surface area is 329 Å². The van der Waals surface area contributed by atoms with Gasteiger partial charge in [-0.2, -0.15) is 0 Å². The van der Waals surface area contributed by atoms with Gasteiger partial charge in [-0.25, -0.2) is 9.97 Å². The number of fused-ring (bicyclic) bond motifs is 15. The number of aromatic nitrogens is 3. The highest BCUT2D eigenvalue weighted by atomic mass is 32.1. The van der Waals surface area contributed by atoms with E-state index in [1.807, 2.05) is 6.07 Å². The van der Waals surface area contributed by atoms with Crippen molar-refractivity contribution in [1.29, 1.82) is 0 Å². The summed E-state index contributed by atoms with van der Waals surface area (Å²) in [6, 6.07) is 62.8. The van der Waals surface area contributed by atoms with Crippen LogP contribution in [0.15, 0.2) is 180 Å². The molecule has 0 bridgehead atoms. The van der Waals surface area contributed by atoms with E-state index in [1.165, 1.54) is 26.2 Å². The quantitative estimate of drug-likeness (QED) is 0.169. The Kier molecular flexibility index (Phi) is 6.29. The number of benzene rings is 9. The molecule has 0 unspecified atom stereocenters. The zero-order valence-corrected chi connectivity index (χ0v) is 31.2. The molecule has 0 spiro atoms. The van der Waals surface area contributed by atoms with Gasteiger partial charge in [-0.3, -0.25) is 4.57 Å². The highest BCUT2D eigenvalue weighted by Gasteiger charge is 2.27. The van der Waals surface area contributed by atoms with Crippen molar-refractivity contribution >= 4 is 108 Å². The van der Waals surface area contributed by atoms with Crippen LogP contribution >= 0.6 is 11.3 Å². The van der Waals surface area contributed by atoms with Gasteiger partial charge < -0.3 is 4.42 Å². The van der Waals surface area contributed by atoms with Crippen LogP contribution in [0.4, 0.5) is 0 Å². The smallest absolute Gasteiger partial charge is 0.235 e. The zero-order chi connectivity index (χ0) is 37.2. The third kappa shape index (κ3) is 4.26. The van der Waals surface area contributed by atoms with Gasteiger partial charge >= 0.3 is 0 Å². The minimum Gasteiger partial charge on any atom is -0.455 e.